The molecular weight excluding hydrogens is 492 g/mol. The molecule has 0 spiro atoms. The Balaban J connectivity index is 1.50. The number of ketones is 1. The van der Waals surface area contributed by atoms with Gasteiger partial charge in [0, 0.05) is 24.3 Å². The fourth-order valence-corrected chi connectivity index (χ4v) is 4.81. The van der Waals surface area contributed by atoms with Crippen LogP contribution in [-0.4, -0.2) is 61.7 Å². The second kappa shape index (κ2) is 9.29. The second-order valence-electron chi connectivity index (χ2n) is 8.93. The summed E-state index contributed by atoms with van der Waals surface area (Å²) >= 11 is 0. The topological polar surface area (TPSA) is 199 Å². The summed E-state index contributed by atoms with van der Waals surface area (Å²) in [5.41, 5.74) is -0.757. The number of nitro groups is 2. The molecule has 2 amide bonds. The molecule has 14 heteroatoms. The number of nitrogens with zero attached hydrogens (tertiary/aromatic N) is 3. The third-order valence-corrected chi connectivity index (χ3v) is 6.62. The highest BCUT2D eigenvalue weighted by atomic mass is 16.6. The van der Waals surface area contributed by atoms with Crippen LogP contribution in [0.15, 0.2) is 48.5 Å². The van der Waals surface area contributed by atoms with Crippen LogP contribution in [0, 0.1) is 25.6 Å². The summed E-state index contributed by atoms with van der Waals surface area (Å²) in [6.45, 7) is 1.23. The number of carbonyl (C=O) groups excluding carboxylic acids is 3. The van der Waals surface area contributed by atoms with E-state index in [1.54, 1.807) is 0 Å². The van der Waals surface area contributed by atoms with E-state index in [2.05, 4.69) is 5.32 Å². The lowest BCUT2D eigenvalue weighted by atomic mass is 9.70. The van der Waals surface area contributed by atoms with Crippen molar-refractivity contribution >= 4 is 35.1 Å². The summed E-state index contributed by atoms with van der Waals surface area (Å²) in [6.07, 6.45) is -1.03. The summed E-state index contributed by atoms with van der Waals surface area (Å²) in [6, 6.07) is 6.71. The van der Waals surface area contributed by atoms with Crippen LogP contribution in [0.2, 0.25) is 0 Å². The number of carboxylic acids is 1. The van der Waals surface area contributed by atoms with Crippen LogP contribution in [0.3, 0.4) is 0 Å². The molecule has 0 aromatic heterocycles. The summed E-state index contributed by atoms with van der Waals surface area (Å²) in [5.74, 6) is -2.99. The fourth-order valence-electron chi connectivity index (χ4n) is 4.81. The van der Waals surface area contributed by atoms with Crippen molar-refractivity contribution in [2.24, 2.45) is 5.41 Å². The number of carbonyl (C=O) groups is 4. The second-order valence-corrected chi connectivity index (χ2v) is 8.93. The molecule has 2 fully saturated rings. The van der Waals surface area contributed by atoms with Gasteiger partial charge in [0.25, 0.3) is 11.4 Å². The lowest BCUT2D eigenvalue weighted by Gasteiger charge is -2.48. The number of aliphatic carboxylic acids is 1. The number of hydrogen-bond acceptors (Lipinski definition) is 9. The molecule has 0 radical (unpaired) electrons. The van der Waals surface area contributed by atoms with E-state index in [1.165, 1.54) is 55.5 Å². The van der Waals surface area contributed by atoms with Gasteiger partial charge in [-0.15, -0.1) is 0 Å². The Morgan fingerprint density at radius 2 is 1.51 bits per heavy atom. The first-order chi connectivity index (χ1) is 17.4. The van der Waals surface area contributed by atoms with E-state index in [4.69, 9.17) is 4.74 Å². The Kier molecular flexibility index (Phi) is 6.33. The van der Waals surface area contributed by atoms with Gasteiger partial charge < -0.3 is 20.1 Å². The Labute approximate surface area is 208 Å². The van der Waals surface area contributed by atoms with Gasteiger partial charge >= 0.3 is 12.1 Å². The number of β-lactam (4-membered cyclic amide) rings is 1. The number of benzene rings is 2. The Morgan fingerprint density at radius 3 is 2.00 bits per heavy atom. The van der Waals surface area contributed by atoms with Gasteiger partial charge in [-0.25, -0.2) is 9.59 Å². The van der Waals surface area contributed by atoms with Crippen LogP contribution >= 0.6 is 0 Å². The summed E-state index contributed by atoms with van der Waals surface area (Å²) in [4.78, 5) is 71.6. The van der Waals surface area contributed by atoms with Crippen LogP contribution in [0.4, 0.5) is 16.2 Å². The smallest absolute Gasteiger partial charge is 0.408 e. The Hall–Kier alpha value is -4.88. The molecular formula is C23H20N4O10. The molecule has 0 saturated carbocycles. The first-order valence-electron chi connectivity index (χ1n) is 10.9. The Morgan fingerprint density at radius 1 is 1.00 bits per heavy atom. The highest BCUT2D eigenvalue weighted by Crippen LogP contribution is 2.48. The lowest BCUT2D eigenvalue weighted by molar-refractivity contribution is -0.385. The average Bonchev–Trinajstić information content (AvgIpc) is 3.06. The highest BCUT2D eigenvalue weighted by molar-refractivity contribution is 6.14. The standard InChI is InChI=1S/C23H20N4O10/c1-23(10-12-2-6-14(7-3-12)26(33)34)18-16(20(29)25(18)17(19(23)28)21(30)31)24-22(32)37-11-13-4-8-15(9-5-13)27(35)36/h2-9,16-18H,10-11H2,1H3,(H,24,32)(H,30,31)/t16-,17-,18+,23-/m1/s1. The minimum Gasteiger partial charge on any atom is -0.479 e. The molecule has 2 N–H and O–H groups in total. The zero-order valence-corrected chi connectivity index (χ0v) is 19.2. The number of amides is 2. The molecule has 2 aromatic rings. The number of fused-ring (bicyclic) bond motifs is 1. The van der Waals surface area contributed by atoms with Crippen LogP contribution in [0.5, 0.6) is 0 Å². The molecule has 0 bridgehead atoms. The largest absolute Gasteiger partial charge is 0.479 e. The minimum absolute atomic E-state index is 0.0297. The lowest BCUT2D eigenvalue weighted by Crippen LogP contribution is -2.73. The van der Waals surface area contributed by atoms with E-state index in [-0.39, 0.29) is 24.4 Å². The SMILES string of the molecule is C[C@]1(Cc2ccc([N+](=O)[O-])cc2)C(=O)[C@H](C(=O)O)N2C(=O)[C@H](NC(=O)OCc3ccc([N+](=O)[O-])cc3)[C@H]21. The normalized spacial score (nSPS) is 24.1. The zero-order valence-electron chi connectivity index (χ0n) is 19.2. The maximum Gasteiger partial charge on any atom is 0.408 e. The number of carboxylic acid groups (broad SMARTS) is 1. The van der Waals surface area contributed by atoms with E-state index < -0.39 is 57.1 Å². The molecule has 4 rings (SSSR count). The average molecular weight is 512 g/mol. The summed E-state index contributed by atoms with van der Waals surface area (Å²) < 4.78 is 5.10. The highest BCUT2D eigenvalue weighted by Gasteiger charge is 2.70. The predicted octanol–water partition coefficient (Wildman–Crippen LogP) is 1.59. The zero-order chi connectivity index (χ0) is 27.1. The van der Waals surface area contributed by atoms with Crippen LogP contribution < -0.4 is 5.32 Å². The minimum atomic E-state index is -1.73. The molecule has 0 unspecified atom stereocenters. The van der Waals surface area contributed by atoms with Gasteiger partial charge in [0.05, 0.1) is 21.3 Å². The number of rotatable bonds is 8. The van der Waals surface area contributed by atoms with Gasteiger partial charge in [-0.2, -0.15) is 0 Å². The van der Waals surface area contributed by atoms with Crippen molar-refractivity contribution in [3.63, 3.8) is 0 Å². The van der Waals surface area contributed by atoms with E-state index in [0.29, 0.717) is 11.1 Å². The van der Waals surface area contributed by atoms with Crippen molar-refractivity contribution in [1.82, 2.24) is 10.2 Å². The van der Waals surface area contributed by atoms with Gasteiger partial charge in [-0.05, 0) is 29.7 Å². The quantitative estimate of drug-likeness (QED) is 0.226. The van der Waals surface area contributed by atoms with Crippen molar-refractivity contribution in [1.29, 1.82) is 0 Å². The van der Waals surface area contributed by atoms with Gasteiger partial charge in [-0.1, -0.05) is 19.1 Å². The third-order valence-electron chi connectivity index (χ3n) is 6.62. The molecule has 2 aliphatic heterocycles. The van der Waals surface area contributed by atoms with Gasteiger partial charge in [0.1, 0.15) is 12.6 Å². The first kappa shape index (κ1) is 25.2. The van der Waals surface area contributed by atoms with Crippen molar-refractivity contribution in [2.75, 3.05) is 0 Å². The van der Waals surface area contributed by atoms with Crippen LogP contribution in [0.25, 0.3) is 0 Å². The molecule has 4 atom stereocenters. The molecule has 2 aromatic carbocycles. The van der Waals surface area contributed by atoms with Gasteiger partial charge in [-0.3, -0.25) is 29.8 Å². The monoisotopic (exact) mass is 512 g/mol. The number of ether oxygens (including phenoxy) is 1. The van der Waals surface area contributed by atoms with Crippen LogP contribution in [0.1, 0.15) is 18.1 Å². The molecule has 192 valence electrons. The molecule has 2 aliphatic rings. The van der Waals surface area contributed by atoms with Crippen molar-refractivity contribution in [3.05, 3.63) is 79.9 Å². The van der Waals surface area contributed by atoms with Crippen LogP contribution in [-0.2, 0) is 32.1 Å². The number of hydrogen-bond donors (Lipinski definition) is 2. The fraction of sp³-hybridized carbons (Fsp3) is 0.304. The predicted molar refractivity (Wildman–Crippen MR) is 122 cm³/mol. The van der Waals surface area contributed by atoms with E-state index in [9.17, 15) is 44.5 Å². The van der Waals surface area contributed by atoms with Crippen molar-refractivity contribution in [3.8, 4) is 0 Å². The van der Waals surface area contributed by atoms with Crippen molar-refractivity contribution < 1.29 is 38.9 Å². The maximum absolute atomic E-state index is 13.2. The third kappa shape index (κ3) is 4.44. The molecule has 0 aliphatic carbocycles. The number of Topliss-reactive ketones (excluding diaryl/α,β-unsaturated/α-hetero) is 1. The Bertz CT molecular complexity index is 1310. The summed E-state index contributed by atoms with van der Waals surface area (Å²) in [5, 5.41) is 33.7. The molecule has 2 saturated heterocycles. The number of nitrogens with one attached hydrogen (secondary N) is 1. The van der Waals surface area contributed by atoms with E-state index in [0.717, 1.165) is 4.90 Å². The van der Waals surface area contributed by atoms with Gasteiger partial charge in [0.15, 0.2) is 11.8 Å². The van der Waals surface area contributed by atoms with E-state index >= 15 is 0 Å². The molecule has 14 nitrogen and oxygen atoms in total. The number of non-ortho nitro benzene ring substituents is 2. The molecule has 37 heavy (non-hydrogen) atoms. The first-order valence-corrected chi connectivity index (χ1v) is 10.9. The van der Waals surface area contributed by atoms with Crippen molar-refractivity contribution in [2.45, 2.75) is 38.1 Å². The number of alkyl carbamates (subject to hydrolysis) is 1. The van der Waals surface area contributed by atoms with Gasteiger partial charge in [0.2, 0.25) is 5.91 Å². The number of nitro benzene ring substituents is 2. The maximum atomic E-state index is 13.2. The summed E-state index contributed by atoms with van der Waals surface area (Å²) in [7, 11) is 0. The molecule has 2 heterocycles. The van der Waals surface area contributed by atoms with E-state index in [1.807, 2.05) is 0 Å².